The first-order valence-corrected chi connectivity index (χ1v) is 7.15. The molecule has 0 heterocycles. The van der Waals surface area contributed by atoms with Crippen molar-refractivity contribution in [2.75, 3.05) is 26.7 Å². The maximum Gasteiger partial charge on any atom is 0.0558 e. The molecule has 1 aromatic carbocycles. The number of aryl methyl sites for hydroxylation is 2. The summed E-state index contributed by atoms with van der Waals surface area (Å²) in [5, 5.41) is 8.93. The van der Waals surface area contributed by atoms with Crippen LogP contribution in [0.2, 0.25) is 0 Å². The molecule has 0 radical (unpaired) electrons. The van der Waals surface area contributed by atoms with Gasteiger partial charge in [-0.25, -0.2) is 0 Å². The molecule has 0 aliphatic rings. The smallest absolute Gasteiger partial charge is 0.0558 e. The molecule has 0 aliphatic carbocycles. The number of nitrogens with zero attached hydrogens (tertiary/aromatic N) is 1. The van der Waals surface area contributed by atoms with Gasteiger partial charge in [-0.2, -0.15) is 0 Å². The molecule has 0 spiro atoms. The lowest BCUT2D eigenvalue weighted by Gasteiger charge is -2.23. The molecule has 0 aliphatic heterocycles. The van der Waals surface area contributed by atoms with Gasteiger partial charge in [0, 0.05) is 13.1 Å². The molecule has 108 valence electrons. The molecule has 0 amide bonds. The topological polar surface area (TPSA) is 23.5 Å². The van der Waals surface area contributed by atoms with E-state index in [9.17, 15) is 0 Å². The van der Waals surface area contributed by atoms with Crippen LogP contribution in [0.4, 0.5) is 0 Å². The molecule has 2 nitrogen and oxygen atoms in total. The Morgan fingerprint density at radius 3 is 2.00 bits per heavy atom. The van der Waals surface area contributed by atoms with Gasteiger partial charge in [-0.1, -0.05) is 32.9 Å². The molecular weight excluding hydrogens is 234 g/mol. The Kier molecular flexibility index (Phi) is 5.57. The summed E-state index contributed by atoms with van der Waals surface area (Å²) in [7, 11) is 2.06. The molecule has 0 saturated heterocycles. The fraction of sp³-hybridized carbons (Fsp3) is 0.647. The average molecular weight is 263 g/mol. The van der Waals surface area contributed by atoms with E-state index in [-0.39, 0.29) is 12.0 Å². The van der Waals surface area contributed by atoms with Crippen LogP contribution in [0.25, 0.3) is 0 Å². The lowest BCUT2D eigenvalue weighted by Crippen LogP contribution is -2.25. The van der Waals surface area contributed by atoms with Crippen LogP contribution in [0.3, 0.4) is 0 Å². The molecule has 0 unspecified atom stereocenters. The van der Waals surface area contributed by atoms with E-state index in [1.807, 2.05) is 0 Å². The summed E-state index contributed by atoms with van der Waals surface area (Å²) in [6.07, 6.45) is 1.05. The van der Waals surface area contributed by atoms with Crippen molar-refractivity contribution in [2.45, 2.75) is 46.5 Å². The minimum Gasteiger partial charge on any atom is -0.395 e. The number of hydrogen-bond donors (Lipinski definition) is 1. The zero-order valence-corrected chi connectivity index (χ0v) is 13.4. The number of benzene rings is 1. The van der Waals surface area contributed by atoms with Crippen molar-refractivity contribution < 1.29 is 5.11 Å². The van der Waals surface area contributed by atoms with Crippen molar-refractivity contribution in [3.05, 3.63) is 34.4 Å². The SMILES string of the molecule is Cc1cc(C(C)(C)C)cc(C)c1CCN(C)CCO. The number of hydrogen-bond acceptors (Lipinski definition) is 2. The Bertz CT molecular complexity index is 395. The van der Waals surface area contributed by atoms with Gasteiger partial charge in [0.25, 0.3) is 0 Å². The normalized spacial score (nSPS) is 12.2. The number of aliphatic hydroxyl groups excluding tert-OH is 1. The third kappa shape index (κ3) is 4.63. The van der Waals surface area contributed by atoms with E-state index < -0.39 is 0 Å². The zero-order valence-electron chi connectivity index (χ0n) is 13.4. The molecular formula is C17H29NO. The molecule has 1 N–H and O–H groups in total. The van der Waals surface area contributed by atoms with Crippen molar-refractivity contribution in [3.63, 3.8) is 0 Å². The van der Waals surface area contributed by atoms with Crippen LogP contribution in [0.5, 0.6) is 0 Å². The fourth-order valence-electron chi connectivity index (χ4n) is 2.41. The number of aliphatic hydroxyl groups is 1. The molecule has 0 saturated carbocycles. The van der Waals surface area contributed by atoms with Crippen LogP contribution >= 0.6 is 0 Å². The minimum absolute atomic E-state index is 0.210. The molecule has 0 bridgehead atoms. The minimum atomic E-state index is 0.210. The Hall–Kier alpha value is -0.860. The van der Waals surface area contributed by atoms with Gasteiger partial charge in [0.2, 0.25) is 0 Å². The monoisotopic (exact) mass is 263 g/mol. The van der Waals surface area contributed by atoms with Crippen LogP contribution in [0.1, 0.15) is 43.0 Å². The molecule has 2 heteroatoms. The van der Waals surface area contributed by atoms with Crippen LogP contribution in [-0.4, -0.2) is 36.8 Å². The van der Waals surface area contributed by atoms with Crippen LogP contribution in [0.15, 0.2) is 12.1 Å². The highest BCUT2D eigenvalue weighted by Gasteiger charge is 2.16. The zero-order chi connectivity index (χ0) is 14.6. The highest BCUT2D eigenvalue weighted by molar-refractivity contribution is 5.40. The van der Waals surface area contributed by atoms with Gasteiger partial charge in [-0.15, -0.1) is 0 Å². The summed E-state index contributed by atoms with van der Waals surface area (Å²) in [6, 6.07) is 4.66. The highest BCUT2D eigenvalue weighted by Crippen LogP contribution is 2.27. The predicted molar refractivity (Wildman–Crippen MR) is 82.9 cm³/mol. The third-order valence-electron chi connectivity index (χ3n) is 3.79. The summed E-state index contributed by atoms with van der Waals surface area (Å²) < 4.78 is 0. The van der Waals surface area contributed by atoms with E-state index in [4.69, 9.17) is 5.11 Å². The van der Waals surface area contributed by atoms with Crippen molar-refractivity contribution in [1.82, 2.24) is 4.90 Å². The third-order valence-corrected chi connectivity index (χ3v) is 3.79. The van der Waals surface area contributed by atoms with Gasteiger partial charge in [-0.05, 0) is 55.0 Å². The summed E-state index contributed by atoms with van der Waals surface area (Å²) in [5.41, 5.74) is 5.86. The Labute approximate surface area is 118 Å². The lowest BCUT2D eigenvalue weighted by atomic mass is 9.83. The lowest BCUT2D eigenvalue weighted by molar-refractivity contribution is 0.223. The second kappa shape index (κ2) is 6.53. The number of likely N-dealkylation sites (N-methyl/N-ethyl adjacent to an activating group) is 1. The summed E-state index contributed by atoms with van der Waals surface area (Å²) in [6.45, 7) is 13.2. The first-order chi connectivity index (χ1) is 8.75. The van der Waals surface area contributed by atoms with Gasteiger partial charge in [0.15, 0.2) is 0 Å². The predicted octanol–water partition coefficient (Wildman–Crippen LogP) is 3.07. The van der Waals surface area contributed by atoms with Crippen LogP contribution in [-0.2, 0) is 11.8 Å². The van der Waals surface area contributed by atoms with Crippen LogP contribution in [0, 0.1) is 13.8 Å². The van der Waals surface area contributed by atoms with Crippen molar-refractivity contribution in [2.24, 2.45) is 0 Å². The maximum atomic E-state index is 8.93. The molecule has 1 aromatic rings. The molecule has 1 rings (SSSR count). The molecule has 0 atom stereocenters. The van der Waals surface area contributed by atoms with Gasteiger partial charge in [-0.3, -0.25) is 0 Å². The summed E-state index contributed by atoms with van der Waals surface area (Å²) in [4.78, 5) is 2.18. The van der Waals surface area contributed by atoms with Crippen molar-refractivity contribution >= 4 is 0 Å². The summed E-state index contributed by atoms with van der Waals surface area (Å²) >= 11 is 0. The Balaban J connectivity index is 2.86. The van der Waals surface area contributed by atoms with E-state index in [0.717, 1.165) is 19.5 Å². The Morgan fingerprint density at radius 1 is 1.05 bits per heavy atom. The van der Waals surface area contributed by atoms with Crippen LogP contribution < -0.4 is 0 Å². The van der Waals surface area contributed by atoms with E-state index in [1.54, 1.807) is 0 Å². The fourth-order valence-corrected chi connectivity index (χ4v) is 2.41. The van der Waals surface area contributed by atoms with Gasteiger partial charge in [0.05, 0.1) is 6.61 Å². The summed E-state index contributed by atoms with van der Waals surface area (Å²) in [5.74, 6) is 0. The van der Waals surface area contributed by atoms with Gasteiger partial charge >= 0.3 is 0 Å². The second-order valence-corrected chi connectivity index (χ2v) is 6.62. The molecule has 0 fully saturated rings. The number of rotatable bonds is 5. The quantitative estimate of drug-likeness (QED) is 0.882. The van der Waals surface area contributed by atoms with E-state index in [1.165, 1.54) is 22.3 Å². The first-order valence-electron chi connectivity index (χ1n) is 7.15. The maximum absolute atomic E-state index is 8.93. The average Bonchev–Trinajstić information content (AvgIpc) is 2.26. The van der Waals surface area contributed by atoms with Crippen molar-refractivity contribution in [3.8, 4) is 0 Å². The first kappa shape index (κ1) is 16.2. The largest absolute Gasteiger partial charge is 0.395 e. The second-order valence-electron chi connectivity index (χ2n) is 6.62. The standard InChI is InChI=1S/C17H29NO/c1-13-11-15(17(3,4)5)12-14(2)16(13)7-8-18(6)9-10-19/h11-12,19H,7-10H2,1-6H3. The molecule has 19 heavy (non-hydrogen) atoms. The van der Waals surface area contributed by atoms with Gasteiger partial charge < -0.3 is 10.0 Å². The van der Waals surface area contributed by atoms with E-state index in [2.05, 4.69) is 58.7 Å². The molecule has 0 aromatic heterocycles. The Morgan fingerprint density at radius 2 is 1.58 bits per heavy atom. The van der Waals surface area contributed by atoms with E-state index >= 15 is 0 Å². The highest BCUT2D eigenvalue weighted by atomic mass is 16.3. The van der Waals surface area contributed by atoms with E-state index in [0.29, 0.717) is 0 Å². The van der Waals surface area contributed by atoms with Gasteiger partial charge in [0.1, 0.15) is 0 Å². The van der Waals surface area contributed by atoms with Crippen molar-refractivity contribution in [1.29, 1.82) is 0 Å².